The quantitative estimate of drug-likeness (QED) is 0.652. The Morgan fingerprint density at radius 1 is 1.07 bits per heavy atom. The number of hydrogen-bond acceptors (Lipinski definition) is 2. The summed E-state index contributed by atoms with van der Waals surface area (Å²) in [5.74, 6) is -17.8. The molecule has 3 N–H and O–H groups in total. The van der Waals surface area contributed by atoms with Crippen LogP contribution in [-0.4, -0.2) is 46.0 Å². The predicted octanol–water partition coefficient (Wildman–Crippen LogP) is 3.11. The van der Waals surface area contributed by atoms with Gasteiger partial charge in [0.25, 0.3) is 5.91 Å². The summed E-state index contributed by atoms with van der Waals surface area (Å²) in [7, 11) is 0. The number of carbonyl (C=O) groups excluding carboxylic acids is 1. The molecular formula is C15H11F7N2O3. The number of aliphatic carboxylic acids is 1. The van der Waals surface area contributed by atoms with Crippen LogP contribution in [0.25, 0.3) is 10.9 Å². The highest BCUT2D eigenvalue weighted by Gasteiger charge is 2.76. The van der Waals surface area contributed by atoms with Gasteiger partial charge in [0.1, 0.15) is 6.04 Å². The van der Waals surface area contributed by atoms with E-state index in [1.54, 1.807) is 18.2 Å². The van der Waals surface area contributed by atoms with Crippen molar-refractivity contribution in [3.63, 3.8) is 0 Å². The van der Waals surface area contributed by atoms with Crippen molar-refractivity contribution in [2.75, 3.05) is 0 Å². The first kappa shape index (κ1) is 20.5. The SMILES string of the molecule is O=C(O)[C@@H](Cc1c[nH]c2ccccc12)NC(=O)C(F)(F)C(F)(F)C(F)(F)F. The fourth-order valence-corrected chi connectivity index (χ4v) is 2.29. The van der Waals surface area contributed by atoms with Crippen LogP contribution in [-0.2, 0) is 16.0 Å². The highest BCUT2D eigenvalue weighted by atomic mass is 19.4. The Balaban J connectivity index is 2.26. The van der Waals surface area contributed by atoms with Gasteiger partial charge < -0.3 is 15.4 Å². The Bertz CT molecular complexity index is 860. The van der Waals surface area contributed by atoms with Crippen LogP contribution < -0.4 is 5.32 Å². The second-order valence-corrected chi connectivity index (χ2v) is 5.57. The van der Waals surface area contributed by atoms with Crippen LogP contribution in [0.3, 0.4) is 0 Å². The third kappa shape index (κ3) is 3.69. The van der Waals surface area contributed by atoms with Crippen LogP contribution in [0.2, 0.25) is 0 Å². The Kier molecular flexibility index (Phi) is 5.12. The maximum atomic E-state index is 13.4. The summed E-state index contributed by atoms with van der Waals surface area (Å²) >= 11 is 0. The van der Waals surface area contributed by atoms with Crippen molar-refractivity contribution in [2.24, 2.45) is 0 Å². The second kappa shape index (κ2) is 6.74. The number of hydrogen-bond donors (Lipinski definition) is 3. The molecule has 5 nitrogen and oxygen atoms in total. The van der Waals surface area contributed by atoms with Crippen molar-refractivity contribution in [3.05, 3.63) is 36.0 Å². The molecule has 0 radical (unpaired) electrons. The van der Waals surface area contributed by atoms with Gasteiger partial charge in [-0.15, -0.1) is 0 Å². The summed E-state index contributed by atoms with van der Waals surface area (Å²) < 4.78 is 89.0. The first-order valence-electron chi connectivity index (χ1n) is 7.20. The minimum atomic E-state index is -6.70. The molecule has 0 aliphatic heterocycles. The van der Waals surface area contributed by atoms with Crippen molar-refractivity contribution in [3.8, 4) is 0 Å². The third-order valence-corrected chi connectivity index (χ3v) is 3.74. The van der Waals surface area contributed by atoms with Gasteiger partial charge >= 0.3 is 24.0 Å². The lowest BCUT2D eigenvalue weighted by Gasteiger charge is -2.28. The number of para-hydroxylation sites is 1. The standard InChI is InChI=1S/C15H11F7N2O3/c16-13(17,14(18,19)15(20,21)22)12(27)24-10(11(25)26)5-7-6-23-9-4-2-1-3-8(7)9/h1-4,6,10,23H,5H2,(H,24,27)(H,25,26)/t10-/m1/s1. The van der Waals surface area contributed by atoms with Crippen molar-refractivity contribution in [2.45, 2.75) is 30.5 Å². The van der Waals surface area contributed by atoms with E-state index in [1.165, 1.54) is 12.3 Å². The fourth-order valence-electron chi connectivity index (χ4n) is 2.29. The van der Waals surface area contributed by atoms with Gasteiger partial charge in [-0.3, -0.25) is 4.79 Å². The van der Waals surface area contributed by atoms with E-state index in [1.807, 2.05) is 0 Å². The van der Waals surface area contributed by atoms with E-state index in [0.717, 1.165) is 5.32 Å². The number of H-pyrrole nitrogens is 1. The number of carboxylic acids is 1. The number of amides is 1. The van der Waals surface area contributed by atoms with Gasteiger partial charge in [0, 0.05) is 23.5 Å². The van der Waals surface area contributed by atoms with Crippen molar-refractivity contribution in [1.82, 2.24) is 10.3 Å². The maximum Gasteiger partial charge on any atom is 0.460 e. The molecule has 0 spiro atoms. The van der Waals surface area contributed by atoms with Gasteiger partial charge in [-0.2, -0.15) is 30.7 Å². The Morgan fingerprint density at radius 3 is 2.22 bits per heavy atom. The monoisotopic (exact) mass is 400 g/mol. The van der Waals surface area contributed by atoms with Gasteiger partial charge in [-0.05, 0) is 11.6 Å². The van der Waals surface area contributed by atoms with Crippen LogP contribution in [0.1, 0.15) is 5.56 Å². The van der Waals surface area contributed by atoms with Crippen molar-refractivity contribution >= 4 is 22.8 Å². The maximum absolute atomic E-state index is 13.4. The molecular weight excluding hydrogens is 389 g/mol. The summed E-state index contributed by atoms with van der Waals surface area (Å²) in [6.07, 6.45) is -6.03. The highest BCUT2D eigenvalue weighted by Crippen LogP contribution is 2.46. The molecule has 27 heavy (non-hydrogen) atoms. The number of nitrogens with one attached hydrogen (secondary N) is 2. The molecule has 0 saturated heterocycles. The first-order chi connectivity index (χ1) is 12.3. The average molecular weight is 400 g/mol. The zero-order valence-electron chi connectivity index (χ0n) is 13.1. The molecule has 0 fully saturated rings. The van der Waals surface area contributed by atoms with Crippen molar-refractivity contribution < 1.29 is 45.4 Å². The lowest BCUT2D eigenvalue weighted by Crippen LogP contribution is -2.61. The van der Waals surface area contributed by atoms with Crippen LogP contribution >= 0.6 is 0 Å². The second-order valence-electron chi connectivity index (χ2n) is 5.57. The number of fused-ring (bicyclic) bond motifs is 1. The zero-order chi connectivity index (χ0) is 20.6. The van der Waals surface area contributed by atoms with Crippen LogP contribution in [0.5, 0.6) is 0 Å². The molecule has 148 valence electrons. The summed E-state index contributed by atoms with van der Waals surface area (Å²) in [5, 5.41) is 10.6. The number of rotatable bonds is 6. The summed E-state index contributed by atoms with van der Waals surface area (Å²) in [4.78, 5) is 25.3. The molecule has 1 heterocycles. The lowest BCUT2D eigenvalue weighted by molar-refractivity contribution is -0.344. The number of aromatic nitrogens is 1. The van der Waals surface area contributed by atoms with Crippen LogP contribution in [0.15, 0.2) is 30.5 Å². The molecule has 0 aliphatic rings. The summed E-state index contributed by atoms with van der Waals surface area (Å²) in [6.45, 7) is 0. The summed E-state index contributed by atoms with van der Waals surface area (Å²) in [6, 6.07) is 4.19. The smallest absolute Gasteiger partial charge is 0.460 e. The van der Waals surface area contributed by atoms with E-state index in [2.05, 4.69) is 4.98 Å². The lowest BCUT2D eigenvalue weighted by atomic mass is 10.0. The summed E-state index contributed by atoms with van der Waals surface area (Å²) in [5.41, 5.74) is 0.765. The van der Waals surface area contributed by atoms with E-state index in [0.29, 0.717) is 10.9 Å². The molecule has 1 aromatic heterocycles. The van der Waals surface area contributed by atoms with Gasteiger partial charge in [0.15, 0.2) is 0 Å². The molecule has 0 unspecified atom stereocenters. The van der Waals surface area contributed by atoms with Gasteiger partial charge in [0.2, 0.25) is 0 Å². The predicted molar refractivity (Wildman–Crippen MR) is 77.5 cm³/mol. The number of carboxylic acid groups (broad SMARTS) is 1. The van der Waals surface area contributed by atoms with E-state index in [4.69, 9.17) is 5.11 Å². The number of carbonyl (C=O) groups is 2. The molecule has 2 rings (SSSR count). The van der Waals surface area contributed by atoms with E-state index >= 15 is 0 Å². The van der Waals surface area contributed by atoms with E-state index < -0.39 is 42.4 Å². The largest absolute Gasteiger partial charge is 0.480 e. The minimum Gasteiger partial charge on any atom is -0.480 e. The number of halogens is 7. The molecule has 1 aromatic carbocycles. The van der Waals surface area contributed by atoms with Crippen LogP contribution in [0, 0.1) is 0 Å². The third-order valence-electron chi connectivity index (χ3n) is 3.74. The first-order valence-corrected chi connectivity index (χ1v) is 7.20. The molecule has 1 amide bonds. The Hall–Kier alpha value is -2.79. The van der Waals surface area contributed by atoms with E-state index in [-0.39, 0.29) is 5.56 Å². The molecule has 0 saturated carbocycles. The average Bonchev–Trinajstić information content (AvgIpc) is 2.96. The van der Waals surface area contributed by atoms with Crippen LogP contribution in [0.4, 0.5) is 30.7 Å². The minimum absolute atomic E-state index is 0.226. The topological polar surface area (TPSA) is 82.2 Å². The van der Waals surface area contributed by atoms with Crippen molar-refractivity contribution in [1.29, 1.82) is 0 Å². The molecule has 0 aliphatic carbocycles. The van der Waals surface area contributed by atoms with Gasteiger partial charge in [-0.25, -0.2) is 4.79 Å². The fraction of sp³-hybridized carbons (Fsp3) is 0.333. The molecule has 12 heteroatoms. The number of alkyl halides is 7. The van der Waals surface area contributed by atoms with Gasteiger partial charge in [0.05, 0.1) is 0 Å². The number of aromatic amines is 1. The Labute approximate surface area is 146 Å². The molecule has 0 bridgehead atoms. The molecule has 2 aromatic rings. The normalized spacial score (nSPS) is 14.2. The highest BCUT2D eigenvalue weighted by molar-refractivity contribution is 5.90. The number of benzene rings is 1. The van der Waals surface area contributed by atoms with E-state index in [9.17, 15) is 40.3 Å². The zero-order valence-corrected chi connectivity index (χ0v) is 13.1. The van der Waals surface area contributed by atoms with Gasteiger partial charge in [-0.1, -0.05) is 18.2 Å². The molecule has 1 atom stereocenters. The Morgan fingerprint density at radius 2 is 1.67 bits per heavy atom.